The van der Waals surface area contributed by atoms with Crippen molar-refractivity contribution in [2.24, 2.45) is 0 Å². The molecule has 2 aromatic rings. The number of hydrogen-bond acceptors (Lipinski definition) is 6. The molecular weight excluding hydrogens is 334 g/mol. The molecule has 0 aliphatic heterocycles. The number of rotatable bonds is 7. The molecule has 0 saturated heterocycles. The van der Waals surface area contributed by atoms with E-state index < -0.39 is 13.5 Å². The highest BCUT2D eigenvalue weighted by Gasteiger charge is 2.21. The van der Waals surface area contributed by atoms with Crippen molar-refractivity contribution in [2.45, 2.75) is 6.42 Å². The normalized spacial score (nSPS) is 9.96. The lowest BCUT2D eigenvalue weighted by Gasteiger charge is -2.11. The molecule has 6 nitrogen and oxygen atoms in total. The van der Waals surface area contributed by atoms with E-state index in [4.69, 9.17) is 25.6 Å². The summed E-state index contributed by atoms with van der Waals surface area (Å²) in [5.74, 6) is 0.873. The number of ether oxygens (including phenoxy) is 2. The molecule has 1 N–H and O–H groups in total. The lowest BCUT2D eigenvalue weighted by Crippen LogP contribution is -2.29. The Morgan fingerprint density at radius 2 is 1.58 bits per heavy atom. The van der Waals surface area contributed by atoms with Crippen molar-refractivity contribution in [3.8, 4) is 11.5 Å². The van der Waals surface area contributed by atoms with E-state index in [1.165, 1.54) is 7.11 Å². The van der Waals surface area contributed by atoms with Crippen molar-refractivity contribution in [2.75, 3.05) is 13.7 Å². The van der Waals surface area contributed by atoms with E-state index in [9.17, 15) is 9.82 Å². The molecule has 2 aromatic carbocycles. The Hall–Kier alpha value is -2.38. The predicted molar refractivity (Wildman–Crippen MR) is 89.2 cm³/mol. The first-order chi connectivity index (χ1) is 11.6. The molecule has 0 aliphatic carbocycles. The van der Waals surface area contributed by atoms with Crippen LogP contribution in [0, 0.1) is 0 Å². The fourth-order valence-corrected chi connectivity index (χ4v) is 1.94. The van der Waals surface area contributed by atoms with Gasteiger partial charge in [-0.25, -0.2) is 4.79 Å². The maximum Gasteiger partial charge on any atom is 0.785 e. The van der Waals surface area contributed by atoms with Crippen LogP contribution in [0.5, 0.6) is 11.5 Å². The van der Waals surface area contributed by atoms with Gasteiger partial charge in [0.25, 0.3) is 0 Å². The van der Waals surface area contributed by atoms with Gasteiger partial charge in [-0.1, -0.05) is 23.7 Å². The van der Waals surface area contributed by atoms with Gasteiger partial charge in [0.15, 0.2) is 0 Å². The second kappa shape index (κ2) is 9.05. The molecule has 0 unspecified atom stereocenters. The van der Waals surface area contributed by atoms with Crippen LogP contribution in [0.3, 0.4) is 0 Å². The molecule has 0 radical (unpaired) electrons. The van der Waals surface area contributed by atoms with E-state index in [0.717, 1.165) is 5.56 Å². The maximum absolute atomic E-state index is 10.8. The summed E-state index contributed by atoms with van der Waals surface area (Å²) in [7, 11) is -0.189. The van der Waals surface area contributed by atoms with Gasteiger partial charge in [-0.05, 0) is 42.0 Å². The van der Waals surface area contributed by atoms with Crippen LogP contribution < -0.4 is 9.31 Å². The molecule has 0 heterocycles. The van der Waals surface area contributed by atoms with Crippen LogP contribution in [0.25, 0.3) is 0 Å². The van der Waals surface area contributed by atoms with Gasteiger partial charge < -0.3 is 23.8 Å². The van der Waals surface area contributed by atoms with Crippen LogP contribution in [0.2, 0.25) is 5.02 Å². The molecule has 8 heteroatoms. The number of benzene rings is 2. The lowest BCUT2D eigenvalue weighted by atomic mass is 10.1. The second-order valence-electron chi connectivity index (χ2n) is 4.69. The highest BCUT2D eigenvalue weighted by molar-refractivity contribution is 6.36. The zero-order valence-corrected chi connectivity index (χ0v) is 13.7. The summed E-state index contributed by atoms with van der Waals surface area (Å²) in [5.41, 5.74) is 0.944. The van der Waals surface area contributed by atoms with Gasteiger partial charge in [-0.2, -0.15) is 0 Å². The summed E-state index contributed by atoms with van der Waals surface area (Å²) in [6, 6.07) is 13.5. The first-order valence-corrected chi connectivity index (χ1v) is 7.51. The Balaban J connectivity index is 1.80. The summed E-state index contributed by atoms with van der Waals surface area (Å²) < 4.78 is 19.6. The molecule has 0 fully saturated rings. The summed E-state index contributed by atoms with van der Waals surface area (Å²) in [4.78, 5) is 10.8. The van der Waals surface area contributed by atoms with E-state index in [1.807, 2.05) is 0 Å². The van der Waals surface area contributed by atoms with E-state index in [0.29, 0.717) is 22.9 Å². The van der Waals surface area contributed by atoms with Crippen LogP contribution in [0.15, 0.2) is 48.5 Å². The highest BCUT2D eigenvalue weighted by atomic mass is 35.5. The summed E-state index contributed by atoms with van der Waals surface area (Å²) in [5, 5.41) is 10.3. The third-order valence-corrected chi connectivity index (χ3v) is 3.24. The standard InChI is InChI=1S/C16H16BClO6/c1-21-16(19)22-11-10-12-2-6-14(7-3-12)23-17(20)24-15-8-4-13(18)5-9-15/h2-9,20H,10-11H2,1H3. The summed E-state index contributed by atoms with van der Waals surface area (Å²) >= 11 is 5.77. The first-order valence-electron chi connectivity index (χ1n) is 7.13. The number of carbonyl (C=O) groups is 1. The molecular formula is C16H16BClO6. The number of carbonyl (C=O) groups excluding carboxylic acids is 1. The molecule has 0 spiro atoms. The van der Waals surface area contributed by atoms with Crippen LogP contribution in [0.1, 0.15) is 5.56 Å². The average molecular weight is 351 g/mol. The summed E-state index contributed by atoms with van der Waals surface area (Å²) in [6.45, 7) is 0.217. The Morgan fingerprint density at radius 1 is 1.04 bits per heavy atom. The van der Waals surface area contributed by atoms with Crippen molar-refractivity contribution in [3.05, 3.63) is 59.1 Å². The minimum Gasteiger partial charge on any atom is -0.501 e. The minimum absolute atomic E-state index is 0.217. The van der Waals surface area contributed by atoms with Crippen molar-refractivity contribution >= 4 is 25.1 Å². The fourth-order valence-electron chi connectivity index (χ4n) is 1.82. The van der Waals surface area contributed by atoms with Crippen LogP contribution >= 0.6 is 11.6 Å². The molecule has 0 aromatic heterocycles. The van der Waals surface area contributed by atoms with Gasteiger partial charge in [-0.3, -0.25) is 0 Å². The topological polar surface area (TPSA) is 74.2 Å². The third-order valence-electron chi connectivity index (χ3n) is 2.99. The number of halogens is 1. The van der Waals surface area contributed by atoms with Gasteiger partial charge in [0.1, 0.15) is 11.5 Å². The fraction of sp³-hybridized carbons (Fsp3) is 0.188. The molecule has 24 heavy (non-hydrogen) atoms. The SMILES string of the molecule is COC(=O)OCCc1ccc(OB(O)Oc2ccc(Cl)cc2)cc1. The third kappa shape index (κ3) is 6.02. The van der Waals surface area contributed by atoms with Gasteiger partial charge in [0.05, 0.1) is 13.7 Å². The quantitative estimate of drug-likeness (QED) is 0.611. The van der Waals surface area contributed by atoms with Crippen molar-refractivity contribution < 1.29 is 28.6 Å². The molecule has 0 atom stereocenters. The predicted octanol–water partition coefficient (Wildman–Crippen LogP) is 3.10. The Labute approximate surface area is 145 Å². The Kier molecular flexibility index (Phi) is 6.78. The monoisotopic (exact) mass is 350 g/mol. The van der Waals surface area contributed by atoms with Crippen LogP contribution in [0.4, 0.5) is 4.79 Å². The molecule has 2 rings (SSSR count). The first kappa shape index (κ1) is 18.0. The van der Waals surface area contributed by atoms with Crippen LogP contribution in [-0.4, -0.2) is 32.2 Å². The van der Waals surface area contributed by atoms with E-state index in [1.54, 1.807) is 48.5 Å². The minimum atomic E-state index is -1.44. The molecule has 0 amide bonds. The average Bonchev–Trinajstić information content (AvgIpc) is 2.58. The zero-order chi connectivity index (χ0) is 17.4. The zero-order valence-electron chi connectivity index (χ0n) is 13.0. The number of methoxy groups -OCH3 is 1. The van der Waals surface area contributed by atoms with Crippen molar-refractivity contribution in [3.63, 3.8) is 0 Å². The molecule has 126 valence electrons. The molecule has 0 saturated carbocycles. The smallest absolute Gasteiger partial charge is 0.501 e. The number of hydrogen-bond donors (Lipinski definition) is 1. The van der Waals surface area contributed by atoms with Gasteiger partial charge in [0.2, 0.25) is 0 Å². The van der Waals surface area contributed by atoms with Crippen LogP contribution in [-0.2, 0) is 15.9 Å². The van der Waals surface area contributed by atoms with E-state index in [2.05, 4.69) is 4.74 Å². The largest absolute Gasteiger partial charge is 0.785 e. The Morgan fingerprint density at radius 3 is 2.12 bits per heavy atom. The van der Waals surface area contributed by atoms with Gasteiger partial charge >= 0.3 is 13.5 Å². The molecule has 0 bridgehead atoms. The van der Waals surface area contributed by atoms with Gasteiger partial charge in [0, 0.05) is 11.4 Å². The van der Waals surface area contributed by atoms with E-state index >= 15 is 0 Å². The van der Waals surface area contributed by atoms with Crippen molar-refractivity contribution in [1.82, 2.24) is 0 Å². The Bertz CT molecular complexity index is 647. The summed E-state index contributed by atoms with van der Waals surface area (Å²) in [6.07, 6.45) is -0.170. The second-order valence-corrected chi connectivity index (χ2v) is 5.13. The molecule has 0 aliphatic rings. The lowest BCUT2D eigenvalue weighted by molar-refractivity contribution is 0.0736. The maximum atomic E-state index is 10.8. The van der Waals surface area contributed by atoms with Crippen molar-refractivity contribution in [1.29, 1.82) is 0 Å². The van der Waals surface area contributed by atoms with Gasteiger partial charge in [-0.15, -0.1) is 0 Å². The highest BCUT2D eigenvalue weighted by Crippen LogP contribution is 2.18. The van der Waals surface area contributed by atoms with E-state index in [-0.39, 0.29) is 6.61 Å².